The van der Waals surface area contributed by atoms with E-state index < -0.39 is 0 Å². The van der Waals surface area contributed by atoms with Crippen molar-refractivity contribution in [2.45, 2.75) is 19.9 Å². The van der Waals surface area contributed by atoms with Crippen LogP contribution in [0.3, 0.4) is 0 Å². The molecule has 0 bridgehead atoms. The van der Waals surface area contributed by atoms with Crippen LogP contribution in [-0.2, 0) is 13.0 Å². The van der Waals surface area contributed by atoms with Crippen LogP contribution in [0.4, 0.5) is 0 Å². The van der Waals surface area contributed by atoms with E-state index in [2.05, 4.69) is 27.6 Å². The third-order valence-electron chi connectivity index (χ3n) is 3.15. The number of benzene rings is 1. The summed E-state index contributed by atoms with van der Waals surface area (Å²) >= 11 is 1.69. The lowest BCUT2D eigenvalue weighted by atomic mass is 10.1. The van der Waals surface area contributed by atoms with Gasteiger partial charge in [-0.3, -0.25) is 0 Å². The van der Waals surface area contributed by atoms with Gasteiger partial charge in [0.1, 0.15) is 11.4 Å². The second-order valence-corrected chi connectivity index (χ2v) is 5.53. The molecule has 0 aliphatic carbocycles. The van der Waals surface area contributed by atoms with Crippen LogP contribution < -0.4 is 4.74 Å². The minimum Gasteiger partial charge on any atom is -0.496 e. The molecule has 108 valence electrons. The molecule has 0 saturated carbocycles. The summed E-state index contributed by atoms with van der Waals surface area (Å²) in [5, 5.41) is 11.6. The molecule has 0 radical (unpaired) electrons. The van der Waals surface area contributed by atoms with Gasteiger partial charge in [0.05, 0.1) is 30.6 Å². The maximum Gasteiger partial charge on any atom is 0.128 e. The monoisotopic (exact) mass is 300 g/mol. The molecular weight excluding hydrogens is 284 g/mol. The van der Waals surface area contributed by atoms with Crippen LogP contribution >= 0.6 is 11.3 Å². The topological polar surface area (TPSA) is 52.8 Å². The predicted octanol–water partition coefficient (Wildman–Crippen LogP) is 3.02. The van der Waals surface area contributed by atoms with Crippen LogP contribution in [0, 0.1) is 0 Å². The van der Waals surface area contributed by atoms with E-state index in [0.29, 0.717) is 6.54 Å². The summed E-state index contributed by atoms with van der Waals surface area (Å²) in [6.07, 6.45) is 2.89. The normalized spacial score (nSPS) is 10.8. The number of aromatic nitrogens is 4. The summed E-state index contributed by atoms with van der Waals surface area (Å²) < 4.78 is 7.16. The van der Waals surface area contributed by atoms with Gasteiger partial charge in [-0.1, -0.05) is 24.3 Å². The van der Waals surface area contributed by atoms with Gasteiger partial charge >= 0.3 is 0 Å². The number of methoxy groups -OCH3 is 1. The molecule has 3 rings (SSSR count). The quantitative estimate of drug-likeness (QED) is 0.727. The minimum absolute atomic E-state index is 0.638. The molecule has 2 heterocycles. The van der Waals surface area contributed by atoms with Crippen molar-refractivity contribution in [1.82, 2.24) is 20.0 Å². The number of para-hydroxylation sites is 1. The first-order valence-electron chi connectivity index (χ1n) is 6.77. The molecule has 0 unspecified atom stereocenters. The summed E-state index contributed by atoms with van der Waals surface area (Å²) in [5.41, 5.74) is 2.77. The van der Waals surface area contributed by atoms with Gasteiger partial charge in [-0.2, -0.15) is 0 Å². The van der Waals surface area contributed by atoms with Crippen LogP contribution in [0.1, 0.15) is 17.6 Å². The van der Waals surface area contributed by atoms with E-state index in [-0.39, 0.29) is 0 Å². The number of ether oxygens (including phenoxy) is 1. The average Bonchev–Trinajstić information content (AvgIpc) is 3.17. The molecule has 0 aliphatic heterocycles. The van der Waals surface area contributed by atoms with Crippen molar-refractivity contribution in [2.24, 2.45) is 0 Å². The van der Waals surface area contributed by atoms with Crippen molar-refractivity contribution < 1.29 is 4.74 Å². The van der Waals surface area contributed by atoms with Crippen LogP contribution in [0.2, 0.25) is 0 Å². The van der Waals surface area contributed by atoms with Gasteiger partial charge in [0.25, 0.3) is 0 Å². The summed E-state index contributed by atoms with van der Waals surface area (Å²) in [7, 11) is 1.66. The largest absolute Gasteiger partial charge is 0.496 e. The maximum absolute atomic E-state index is 5.36. The van der Waals surface area contributed by atoms with Gasteiger partial charge in [-0.15, -0.1) is 16.4 Å². The second kappa shape index (κ2) is 6.05. The average molecular weight is 300 g/mol. The fraction of sp³-hybridized carbons (Fsp3) is 0.267. The van der Waals surface area contributed by atoms with Crippen LogP contribution in [-0.4, -0.2) is 27.1 Å². The Morgan fingerprint density at radius 2 is 2.14 bits per heavy atom. The number of thiazole rings is 1. The predicted molar refractivity (Wildman–Crippen MR) is 82.6 cm³/mol. The third-order valence-corrected chi connectivity index (χ3v) is 4.19. The summed E-state index contributed by atoms with van der Waals surface area (Å²) in [5.74, 6) is 0.798. The molecule has 0 atom stereocenters. The van der Waals surface area contributed by atoms with Crippen molar-refractivity contribution in [2.75, 3.05) is 7.11 Å². The molecule has 6 heteroatoms. The zero-order chi connectivity index (χ0) is 14.7. The van der Waals surface area contributed by atoms with Crippen molar-refractivity contribution in [1.29, 1.82) is 0 Å². The minimum atomic E-state index is 0.638. The van der Waals surface area contributed by atoms with Gasteiger partial charge in [-0.25, -0.2) is 9.67 Å². The highest BCUT2D eigenvalue weighted by Gasteiger charge is 2.10. The molecule has 21 heavy (non-hydrogen) atoms. The van der Waals surface area contributed by atoms with Crippen molar-refractivity contribution in [3.8, 4) is 17.0 Å². The first-order valence-corrected chi connectivity index (χ1v) is 7.65. The highest BCUT2D eigenvalue weighted by Crippen LogP contribution is 2.27. The lowest BCUT2D eigenvalue weighted by Crippen LogP contribution is -2.00. The highest BCUT2D eigenvalue weighted by molar-refractivity contribution is 7.09. The third kappa shape index (κ3) is 2.95. The number of nitrogens with zero attached hydrogens (tertiary/aromatic N) is 4. The van der Waals surface area contributed by atoms with Gasteiger partial charge < -0.3 is 4.74 Å². The molecule has 0 fully saturated rings. The van der Waals surface area contributed by atoms with Gasteiger partial charge in [-0.05, 0) is 18.6 Å². The van der Waals surface area contributed by atoms with E-state index in [9.17, 15) is 0 Å². The number of aryl methyl sites for hydroxylation is 1. The van der Waals surface area contributed by atoms with Crippen LogP contribution in [0.15, 0.2) is 35.8 Å². The maximum atomic E-state index is 5.36. The zero-order valence-corrected chi connectivity index (χ0v) is 12.8. The van der Waals surface area contributed by atoms with Gasteiger partial charge in [0, 0.05) is 10.9 Å². The van der Waals surface area contributed by atoms with Gasteiger partial charge in [0.15, 0.2) is 0 Å². The Hall–Kier alpha value is -2.21. The van der Waals surface area contributed by atoms with E-state index in [1.165, 1.54) is 0 Å². The molecule has 0 spiro atoms. The molecular formula is C15H16N4OS. The van der Waals surface area contributed by atoms with Crippen LogP contribution in [0.5, 0.6) is 5.75 Å². The Balaban J connectivity index is 1.83. The Morgan fingerprint density at radius 3 is 2.90 bits per heavy atom. The van der Waals surface area contributed by atoms with Crippen molar-refractivity contribution in [3.05, 3.63) is 46.5 Å². The Bertz CT molecular complexity index is 735. The van der Waals surface area contributed by atoms with Crippen molar-refractivity contribution in [3.63, 3.8) is 0 Å². The van der Waals surface area contributed by atoms with E-state index in [1.54, 1.807) is 23.1 Å². The highest BCUT2D eigenvalue weighted by atomic mass is 32.1. The SMILES string of the molecule is CCc1nc(Cn2cc(-c3ccccc3OC)nn2)cs1. The molecule has 0 aliphatic rings. The lowest BCUT2D eigenvalue weighted by molar-refractivity contribution is 0.416. The second-order valence-electron chi connectivity index (χ2n) is 4.59. The van der Waals surface area contributed by atoms with E-state index in [1.807, 2.05) is 30.5 Å². The van der Waals surface area contributed by atoms with E-state index in [4.69, 9.17) is 4.74 Å². The molecule has 3 aromatic rings. The Labute approximate surface area is 127 Å². The van der Waals surface area contributed by atoms with Crippen molar-refractivity contribution >= 4 is 11.3 Å². The first-order chi connectivity index (χ1) is 10.3. The molecule has 1 aromatic carbocycles. The molecule has 0 amide bonds. The lowest BCUT2D eigenvalue weighted by Gasteiger charge is -2.04. The molecule has 0 N–H and O–H groups in total. The molecule has 0 saturated heterocycles. The van der Waals surface area contributed by atoms with Crippen LogP contribution in [0.25, 0.3) is 11.3 Å². The summed E-state index contributed by atoms with van der Waals surface area (Å²) in [6.45, 7) is 2.75. The smallest absolute Gasteiger partial charge is 0.128 e. The molecule has 5 nitrogen and oxygen atoms in total. The Kier molecular flexibility index (Phi) is 3.96. The fourth-order valence-electron chi connectivity index (χ4n) is 2.11. The summed E-state index contributed by atoms with van der Waals surface area (Å²) in [4.78, 5) is 4.54. The number of hydrogen-bond donors (Lipinski definition) is 0. The number of rotatable bonds is 5. The zero-order valence-electron chi connectivity index (χ0n) is 12.0. The summed E-state index contributed by atoms with van der Waals surface area (Å²) in [6, 6.07) is 7.80. The van der Waals surface area contributed by atoms with E-state index in [0.717, 1.165) is 34.1 Å². The van der Waals surface area contributed by atoms with Gasteiger partial charge in [0.2, 0.25) is 0 Å². The fourth-order valence-corrected chi connectivity index (χ4v) is 2.84. The standard InChI is InChI=1S/C15H16N4OS/c1-3-15-16-11(10-21-15)8-19-9-13(17-18-19)12-6-4-5-7-14(12)20-2/h4-7,9-10H,3,8H2,1-2H3. The molecule has 2 aromatic heterocycles. The van der Waals surface area contributed by atoms with E-state index >= 15 is 0 Å². The number of hydrogen-bond acceptors (Lipinski definition) is 5. The first kappa shape index (κ1) is 13.8. The Morgan fingerprint density at radius 1 is 1.29 bits per heavy atom.